The number of rotatable bonds is 6. The smallest absolute Gasteiger partial charge is 0.127 e. The van der Waals surface area contributed by atoms with Gasteiger partial charge in [0, 0.05) is 31.5 Å². The van der Waals surface area contributed by atoms with E-state index < -0.39 is 0 Å². The third-order valence-electron chi connectivity index (χ3n) is 2.71. The second-order valence-corrected chi connectivity index (χ2v) is 4.27. The lowest BCUT2D eigenvalue weighted by Gasteiger charge is -2.09. The molecule has 2 aromatic rings. The first-order valence-corrected chi connectivity index (χ1v) is 6.35. The molecule has 0 saturated heterocycles. The van der Waals surface area contributed by atoms with Crippen LogP contribution < -0.4 is 15.4 Å². The Morgan fingerprint density at radius 1 is 1.21 bits per heavy atom. The van der Waals surface area contributed by atoms with Crippen molar-refractivity contribution in [1.29, 1.82) is 0 Å². The standard InChI is InChI=1S/C15H19N3O/c1-12-4-3-5-14(10-12)19-9-8-17-13-6-7-18-15(11-13)16-2/h3-7,10-11H,8-9H2,1-2H3,(H2,16,17,18). The number of nitrogens with zero attached hydrogens (tertiary/aromatic N) is 1. The van der Waals surface area contributed by atoms with Gasteiger partial charge in [-0.2, -0.15) is 0 Å². The van der Waals surface area contributed by atoms with Gasteiger partial charge in [-0.05, 0) is 30.7 Å². The summed E-state index contributed by atoms with van der Waals surface area (Å²) in [6.45, 7) is 3.43. The van der Waals surface area contributed by atoms with Gasteiger partial charge in [-0.1, -0.05) is 12.1 Å². The van der Waals surface area contributed by atoms with E-state index >= 15 is 0 Å². The third kappa shape index (κ3) is 4.17. The first-order chi connectivity index (χ1) is 9.28. The lowest BCUT2D eigenvalue weighted by atomic mass is 10.2. The predicted octanol–water partition coefficient (Wildman–Crippen LogP) is 2.92. The zero-order chi connectivity index (χ0) is 13.5. The summed E-state index contributed by atoms with van der Waals surface area (Å²) in [5.74, 6) is 1.76. The first kappa shape index (κ1) is 13.2. The fourth-order valence-electron chi connectivity index (χ4n) is 1.75. The summed E-state index contributed by atoms with van der Waals surface area (Å²) in [5, 5.41) is 6.31. The van der Waals surface area contributed by atoms with Gasteiger partial charge in [0.15, 0.2) is 0 Å². The number of anilines is 2. The Kier molecular flexibility index (Phi) is 4.61. The number of aromatic nitrogens is 1. The normalized spacial score (nSPS) is 10.0. The number of aryl methyl sites for hydroxylation is 1. The number of pyridine rings is 1. The highest BCUT2D eigenvalue weighted by atomic mass is 16.5. The zero-order valence-electron chi connectivity index (χ0n) is 11.3. The van der Waals surface area contributed by atoms with Crippen molar-refractivity contribution in [2.45, 2.75) is 6.92 Å². The van der Waals surface area contributed by atoms with E-state index in [0.29, 0.717) is 6.61 Å². The maximum atomic E-state index is 5.67. The first-order valence-electron chi connectivity index (χ1n) is 6.35. The van der Waals surface area contributed by atoms with Gasteiger partial charge in [-0.15, -0.1) is 0 Å². The molecule has 0 aliphatic rings. The summed E-state index contributed by atoms with van der Waals surface area (Å²) >= 11 is 0. The predicted molar refractivity (Wildman–Crippen MR) is 78.9 cm³/mol. The second kappa shape index (κ2) is 6.64. The molecule has 4 heteroatoms. The highest BCUT2D eigenvalue weighted by molar-refractivity contribution is 5.51. The van der Waals surface area contributed by atoms with E-state index in [1.165, 1.54) is 5.56 Å². The van der Waals surface area contributed by atoms with Crippen LogP contribution in [0.1, 0.15) is 5.56 Å². The van der Waals surface area contributed by atoms with Crippen molar-refractivity contribution >= 4 is 11.5 Å². The quantitative estimate of drug-likeness (QED) is 0.781. The van der Waals surface area contributed by atoms with Gasteiger partial charge in [0.1, 0.15) is 18.2 Å². The Labute approximate surface area is 113 Å². The molecule has 0 atom stereocenters. The van der Waals surface area contributed by atoms with Crippen molar-refractivity contribution in [2.24, 2.45) is 0 Å². The van der Waals surface area contributed by atoms with Crippen LogP contribution in [-0.4, -0.2) is 25.2 Å². The molecule has 0 bridgehead atoms. The van der Waals surface area contributed by atoms with E-state index in [1.807, 2.05) is 37.4 Å². The highest BCUT2D eigenvalue weighted by Gasteiger charge is 1.96. The molecule has 0 saturated carbocycles. The average Bonchev–Trinajstić information content (AvgIpc) is 2.44. The van der Waals surface area contributed by atoms with Crippen molar-refractivity contribution in [1.82, 2.24) is 4.98 Å². The largest absolute Gasteiger partial charge is 0.492 e. The van der Waals surface area contributed by atoms with Crippen LogP contribution in [0.15, 0.2) is 42.6 Å². The Hall–Kier alpha value is -2.23. The summed E-state index contributed by atoms with van der Waals surface area (Å²) < 4.78 is 5.67. The fraction of sp³-hybridized carbons (Fsp3) is 0.267. The average molecular weight is 257 g/mol. The number of benzene rings is 1. The monoisotopic (exact) mass is 257 g/mol. The minimum Gasteiger partial charge on any atom is -0.492 e. The zero-order valence-corrected chi connectivity index (χ0v) is 11.3. The summed E-state index contributed by atoms with van der Waals surface area (Å²) in [6.07, 6.45) is 1.77. The molecule has 0 aliphatic heterocycles. The number of hydrogen-bond donors (Lipinski definition) is 2. The van der Waals surface area contributed by atoms with Crippen LogP contribution in [0.25, 0.3) is 0 Å². The molecule has 1 aromatic carbocycles. The van der Waals surface area contributed by atoms with Gasteiger partial charge >= 0.3 is 0 Å². The lowest BCUT2D eigenvalue weighted by molar-refractivity contribution is 0.332. The number of nitrogens with one attached hydrogen (secondary N) is 2. The van der Waals surface area contributed by atoms with E-state index in [2.05, 4.69) is 28.6 Å². The molecule has 2 rings (SSSR count). The fourth-order valence-corrected chi connectivity index (χ4v) is 1.75. The Bertz CT molecular complexity index is 528. The molecule has 100 valence electrons. The van der Waals surface area contributed by atoms with Gasteiger partial charge < -0.3 is 15.4 Å². The minimum atomic E-state index is 0.626. The van der Waals surface area contributed by atoms with Crippen molar-refractivity contribution < 1.29 is 4.74 Å². The van der Waals surface area contributed by atoms with Crippen molar-refractivity contribution in [3.8, 4) is 5.75 Å². The number of hydrogen-bond acceptors (Lipinski definition) is 4. The molecule has 1 aromatic heterocycles. The Balaban J connectivity index is 1.77. The van der Waals surface area contributed by atoms with E-state index in [-0.39, 0.29) is 0 Å². The molecule has 0 fully saturated rings. The van der Waals surface area contributed by atoms with Gasteiger partial charge in [-0.25, -0.2) is 4.98 Å². The van der Waals surface area contributed by atoms with E-state index in [0.717, 1.165) is 23.8 Å². The topological polar surface area (TPSA) is 46.2 Å². The van der Waals surface area contributed by atoms with Crippen molar-refractivity contribution in [3.05, 3.63) is 48.2 Å². The molecule has 2 N–H and O–H groups in total. The molecule has 0 amide bonds. The third-order valence-corrected chi connectivity index (χ3v) is 2.71. The highest BCUT2D eigenvalue weighted by Crippen LogP contribution is 2.13. The summed E-state index contributed by atoms with van der Waals surface area (Å²) in [7, 11) is 1.85. The number of ether oxygens (including phenoxy) is 1. The van der Waals surface area contributed by atoms with Crippen LogP contribution in [0, 0.1) is 6.92 Å². The van der Waals surface area contributed by atoms with E-state index in [9.17, 15) is 0 Å². The van der Waals surface area contributed by atoms with Crippen molar-refractivity contribution in [2.75, 3.05) is 30.8 Å². The van der Waals surface area contributed by atoms with Crippen LogP contribution >= 0.6 is 0 Å². The molecule has 1 heterocycles. The molecule has 0 unspecified atom stereocenters. The molecule has 0 radical (unpaired) electrons. The van der Waals surface area contributed by atoms with Crippen molar-refractivity contribution in [3.63, 3.8) is 0 Å². The van der Waals surface area contributed by atoms with Crippen LogP contribution in [0.4, 0.5) is 11.5 Å². The summed E-state index contributed by atoms with van der Waals surface area (Å²) in [6, 6.07) is 12.0. The van der Waals surface area contributed by atoms with Gasteiger partial charge in [0.2, 0.25) is 0 Å². The molecular weight excluding hydrogens is 238 g/mol. The van der Waals surface area contributed by atoms with E-state index in [4.69, 9.17) is 4.74 Å². The SMILES string of the molecule is CNc1cc(NCCOc2cccc(C)c2)ccn1. The lowest BCUT2D eigenvalue weighted by Crippen LogP contribution is -2.11. The Morgan fingerprint density at radius 3 is 2.89 bits per heavy atom. The maximum Gasteiger partial charge on any atom is 0.127 e. The van der Waals surface area contributed by atoms with Crippen LogP contribution in [-0.2, 0) is 0 Å². The Morgan fingerprint density at radius 2 is 2.11 bits per heavy atom. The van der Waals surface area contributed by atoms with Gasteiger partial charge in [0.25, 0.3) is 0 Å². The van der Waals surface area contributed by atoms with Crippen LogP contribution in [0.3, 0.4) is 0 Å². The second-order valence-electron chi connectivity index (χ2n) is 4.27. The van der Waals surface area contributed by atoms with Crippen LogP contribution in [0.2, 0.25) is 0 Å². The molecule has 4 nitrogen and oxygen atoms in total. The molecule has 19 heavy (non-hydrogen) atoms. The molecular formula is C15H19N3O. The maximum absolute atomic E-state index is 5.67. The summed E-state index contributed by atoms with van der Waals surface area (Å²) in [4.78, 5) is 4.16. The van der Waals surface area contributed by atoms with Gasteiger partial charge in [-0.3, -0.25) is 0 Å². The summed E-state index contributed by atoms with van der Waals surface area (Å²) in [5.41, 5.74) is 2.24. The minimum absolute atomic E-state index is 0.626. The van der Waals surface area contributed by atoms with Gasteiger partial charge in [0.05, 0.1) is 0 Å². The van der Waals surface area contributed by atoms with Crippen LogP contribution in [0.5, 0.6) is 5.75 Å². The van der Waals surface area contributed by atoms with E-state index in [1.54, 1.807) is 6.20 Å². The molecule has 0 spiro atoms. The molecule has 0 aliphatic carbocycles.